The third-order valence-corrected chi connectivity index (χ3v) is 4.04. The average Bonchev–Trinajstić information content (AvgIpc) is 3.13. The van der Waals surface area contributed by atoms with Gasteiger partial charge in [-0.3, -0.25) is 9.89 Å². The summed E-state index contributed by atoms with van der Waals surface area (Å²) in [5, 5.41) is 10.8. The molecule has 0 atom stereocenters. The lowest BCUT2D eigenvalue weighted by atomic mass is 10.1. The molecule has 4 rings (SSSR count). The van der Waals surface area contributed by atoms with Crippen LogP contribution in [0, 0.1) is 13.8 Å². The molecule has 1 aliphatic rings. The van der Waals surface area contributed by atoms with Crippen LogP contribution in [0.5, 0.6) is 5.75 Å². The number of carbonyl (C=O) groups excluding carboxylic acids is 1. The normalized spacial score (nSPS) is 13.0. The molecular weight excluding hydrogens is 292 g/mol. The van der Waals surface area contributed by atoms with Crippen molar-refractivity contribution in [3.63, 3.8) is 0 Å². The van der Waals surface area contributed by atoms with E-state index in [1.54, 1.807) is 6.07 Å². The second kappa shape index (κ2) is 5.08. The number of rotatable bonds is 2. The van der Waals surface area contributed by atoms with Crippen LogP contribution in [0.3, 0.4) is 0 Å². The molecule has 1 amide bonds. The van der Waals surface area contributed by atoms with E-state index in [1.807, 2.05) is 32.0 Å². The summed E-state index contributed by atoms with van der Waals surface area (Å²) in [7, 11) is 0. The Kier molecular flexibility index (Phi) is 3.04. The molecule has 1 aliphatic heterocycles. The van der Waals surface area contributed by atoms with Crippen molar-refractivity contribution in [3.05, 3.63) is 46.6 Å². The average molecular weight is 308 g/mol. The molecule has 23 heavy (non-hydrogen) atoms. The number of nitrogens with one attached hydrogen (secondary N) is 2. The number of aromatic amines is 1. The number of pyridine rings is 1. The largest absolute Gasteiger partial charge is 0.493 e. The summed E-state index contributed by atoms with van der Waals surface area (Å²) in [6.07, 6.45) is 0.837. The van der Waals surface area contributed by atoms with Crippen molar-refractivity contribution in [2.24, 2.45) is 0 Å². The van der Waals surface area contributed by atoms with E-state index in [2.05, 4.69) is 20.5 Å². The highest BCUT2D eigenvalue weighted by atomic mass is 16.5. The summed E-state index contributed by atoms with van der Waals surface area (Å²) in [4.78, 5) is 16.9. The molecule has 0 saturated carbocycles. The van der Waals surface area contributed by atoms with Crippen LogP contribution < -0.4 is 10.1 Å². The van der Waals surface area contributed by atoms with Gasteiger partial charge >= 0.3 is 0 Å². The van der Waals surface area contributed by atoms with Gasteiger partial charge in [0.15, 0.2) is 11.5 Å². The highest BCUT2D eigenvalue weighted by Gasteiger charge is 2.17. The number of aromatic nitrogens is 3. The zero-order chi connectivity index (χ0) is 16.0. The van der Waals surface area contributed by atoms with E-state index in [4.69, 9.17) is 4.74 Å². The fourth-order valence-electron chi connectivity index (χ4n) is 2.98. The molecule has 116 valence electrons. The van der Waals surface area contributed by atoms with E-state index in [-0.39, 0.29) is 5.91 Å². The monoisotopic (exact) mass is 308 g/mol. The quantitative estimate of drug-likeness (QED) is 0.763. The SMILES string of the molecule is Cc1cc(C)c2c(NC(=O)c3ccc4c(c3)CCO4)n[nH]c2n1. The number of aryl methyl sites for hydroxylation is 2. The molecule has 0 fully saturated rings. The molecule has 2 N–H and O–H groups in total. The van der Waals surface area contributed by atoms with Gasteiger partial charge in [0.25, 0.3) is 5.91 Å². The first kappa shape index (κ1) is 13.8. The maximum atomic E-state index is 12.5. The van der Waals surface area contributed by atoms with Crippen molar-refractivity contribution < 1.29 is 9.53 Å². The third kappa shape index (κ3) is 2.32. The summed E-state index contributed by atoms with van der Waals surface area (Å²) in [6, 6.07) is 7.46. The molecule has 0 unspecified atom stereocenters. The van der Waals surface area contributed by atoms with Gasteiger partial charge in [-0.15, -0.1) is 0 Å². The number of H-pyrrole nitrogens is 1. The number of ether oxygens (including phenoxy) is 1. The second-order valence-electron chi connectivity index (χ2n) is 5.75. The molecule has 0 radical (unpaired) electrons. The number of hydrogen-bond donors (Lipinski definition) is 2. The number of benzene rings is 1. The van der Waals surface area contributed by atoms with E-state index >= 15 is 0 Å². The topological polar surface area (TPSA) is 79.9 Å². The van der Waals surface area contributed by atoms with Crippen molar-refractivity contribution in [2.45, 2.75) is 20.3 Å². The van der Waals surface area contributed by atoms with Crippen LogP contribution in [0.4, 0.5) is 5.82 Å². The fourth-order valence-corrected chi connectivity index (χ4v) is 2.98. The Bertz CT molecular complexity index is 930. The Morgan fingerprint density at radius 3 is 3.04 bits per heavy atom. The molecule has 2 aromatic heterocycles. The summed E-state index contributed by atoms with van der Waals surface area (Å²) in [5.74, 6) is 1.18. The van der Waals surface area contributed by atoms with Crippen LogP contribution >= 0.6 is 0 Å². The Morgan fingerprint density at radius 1 is 1.30 bits per heavy atom. The van der Waals surface area contributed by atoms with E-state index in [9.17, 15) is 4.79 Å². The van der Waals surface area contributed by atoms with Gasteiger partial charge < -0.3 is 10.1 Å². The lowest BCUT2D eigenvalue weighted by Gasteiger charge is -2.06. The maximum Gasteiger partial charge on any atom is 0.256 e. The molecule has 0 spiro atoms. The number of fused-ring (bicyclic) bond motifs is 2. The smallest absolute Gasteiger partial charge is 0.256 e. The fraction of sp³-hybridized carbons (Fsp3) is 0.235. The zero-order valence-electron chi connectivity index (χ0n) is 12.9. The van der Waals surface area contributed by atoms with Crippen LogP contribution in [-0.2, 0) is 6.42 Å². The van der Waals surface area contributed by atoms with Gasteiger partial charge in [-0.25, -0.2) is 4.98 Å². The highest BCUT2D eigenvalue weighted by Crippen LogP contribution is 2.27. The number of carbonyl (C=O) groups is 1. The van der Waals surface area contributed by atoms with Crippen molar-refractivity contribution in [3.8, 4) is 5.75 Å². The number of amides is 1. The van der Waals surface area contributed by atoms with Crippen molar-refractivity contribution in [2.75, 3.05) is 11.9 Å². The van der Waals surface area contributed by atoms with Crippen LogP contribution in [0.1, 0.15) is 27.2 Å². The van der Waals surface area contributed by atoms with Crippen LogP contribution in [0.25, 0.3) is 11.0 Å². The standard InChI is InChI=1S/C17H16N4O2/c1-9-7-10(2)18-15-14(9)16(21-20-15)19-17(22)12-3-4-13-11(8-12)5-6-23-13/h3-4,7-8H,5-6H2,1-2H3,(H2,18,19,20,21,22). The lowest BCUT2D eigenvalue weighted by Crippen LogP contribution is -2.12. The van der Waals surface area contributed by atoms with Crippen molar-refractivity contribution in [1.29, 1.82) is 0 Å². The van der Waals surface area contributed by atoms with Gasteiger partial charge in [-0.2, -0.15) is 5.10 Å². The molecule has 6 heteroatoms. The van der Waals surface area contributed by atoms with E-state index in [1.165, 1.54) is 0 Å². The first-order chi connectivity index (χ1) is 11.1. The van der Waals surface area contributed by atoms with Gasteiger partial charge in [0, 0.05) is 17.7 Å². The molecule has 0 aliphatic carbocycles. The predicted molar refractivity (Wildman–Crippen MR) is 87.0 cm³/mol. The maximum absolute atomic E-state index is 12.5. The molecule has 0 saturated heterocycles. The molecular formula is C17H16N4O2. The molecule has 3 heterocycles. The Balaban J connectivity index is 1.67. The van der Waals surface area contributed by atoms with E-state index in [0.717, 1.165) is 34.4 Å². The first-order valence-corrected chi connectivity index (χ1v) is 7.51. The van der Waals surface area contributed by atoms with Crippen LogP contribution in [0.2, 0.25) is 0 Å². The van der Waals surface area contributed by atoms with E-state index < -0.39 is 0 Å². The van der Waals surface area contributed by atoms with Crippen molar-refractivity contribution in [1.82, 2.24) is 15.2 Å². The minimum Gasteiger partial charge on any atom is -0.493 e. The van der Waals surface area contributed by atoms with Gasteiger partial charge in [0.1, 0.15) is 5.75 Å². The van der Waals surface area contributed by atoms with Crippen molar-refractivity contribution >= 4 is 22.8 Å². The van der Waals surface area contributed by atoms with Gasteiger partial charge in [0.05, 0.1) is 12.0 Å². The number of anilines is 1. The zero-order valence-corrected chi connectivity index (χ0v) is 12.9. The third-order valence-electron chi connectivity index (χ3n) is 4.04. The second-order valence-corrected chi connectivity index (χ2v) is 5.75. The number of nitrogens with zero attached hydrogens (tertiary/aromatic N) is 2. The Labute approximate surface area is 132 Å². The summed E-state index contributed by atoms with van der Waals surface area (Å²) in [5.41, 5.74) is 4.29. The molecule has 0 bridgehead atoms. The van der Waals surface area contributed by atoms with E-state index in [0.29, 0.717) is 23.6 Å². The number of hydrogen-bond acceptors (Lipinski definition) is 4. The highest BCUT2D eigenvalue weighted by molar-refractivity contribution is 6.08. The minimum atomic E-state index is -0.187. The Hall–Kier alpha value is -2.89. The van der Waals surface area contributed by atoms with Gasteiger partial charge in [-0.1, -0.05) is 0 Å². The van der Waals surface area contributed by atoms with Crippen LogP contribution in [-0.4, -0.2) is 27.7 Å². The molecule has 6 nitrogen and oxygen atoms in total. The predicted octanol–water partition coefficient (Wildman–Crippen LogP) is 2.76. The summed E-state index contributed by atoms with van der Waals surface area (Å²) in [6.45, 7) is 4.59. The minimum absolute atomic E-state index is 0.187. The summed E-state index contributed by atoms with van der Waals surface area (Å²) >= 11 is 0. The Morgan fingerprint density at radius 2 is 2.17 bits per heavy atom. The van der Waals surface area contributed by atoms with Crippen LogP contribution in [0.15, 0.2) is 24.3 Å². The van der Waals surface area contributed by atoms with Gasteiger partial charge in [0.2, 0.25) is 0 Å². The first-order valence-electron chi connectivity index (χ1n) is 7.51. The lowest BCUT2D eigenvalue weighted by molar-refractivity contribution is 0.102. The van der Waals surface area contributed by atoms with Gasteiger partial charge in [-0.05, 0) is 49.2 Å². The molecule has 3 aromatic rings. The summed E-state index contributed by atoms with van der Waals surface area (Å²) < 4.78 is 5.47. The molecule has 1 aromatic carbocycles.